The SMILES string of the molecule is Cc1ccccc1CNC(=O)c1cncc(C(=O)N2CCCCC2)c1. The topological polar surface area (TPSA) is 62.3 Å². The summed E-state index contributed by atoms with van der Waals surface area (Å²) in [7, 11) is 0. The van der Waals surface area contributed by atoms with Gasteiger partial charge in [-0.3, -0.25) is 14.6 Å². The fourth-order valence-electron chi connectivity index (χ4n) is 3.05. The minimum absolute atomic E-state index is 0.0410. The molecule has 2 aromatic rings. The third-order valence-electron chi connectivity index (χ3n) is 4.59. The van der Waals surface area contributed by atoms with Crippen molar-refractivity contribution in [1.82, 2.24) is 15.2 Å². The maximum absolute atomic E-state index is 12.6. The van der Waals surface area contributed by atoms with E-state index in [1.807, 2.05) is 36.1 Å². The molecule has 1 aromatic heterocycles. The van der Waals surface area contributed by atoms with E-state index in [0.29, 0.717) is 17.7 Å². The number of aryl methyl sites for hydroxylation is 1. The van der Waals surface area contributed by atoms with Gasteiger partial charge in [-0.15, -0.1) is 0 Å². The third kappa shape index (κ3) is 4.24. The van der Waals surface area contributed by atoms with Crippen LogP contribution in [0.4, 0.5) is 0 Å². The van der Waals surface area contributed by atoms with E-state index in [0.717, 1.165) is 37.1 Å². The molecule has 1 saturated heterocycles. The number of piperidine rings is 1. The highest BCUT2D eigenvalue weighted by Gasteiger charge is 2.19. The Kier molecular flexibility index (Phi) is 5.43. The predicted octanol–water partition coefficient (Wildman–Crippen LogP) is 2.95. The molecule has 1 N–H and O–H groups in total. The zero-order chi connectivity index (χ0) is 17.6. The van der Waals surface area contributed by atoms with Crippen molar-refractivity contribution in [3.8, 4) is 0 Å². The van der Waals surface area contributed by atoms with Gasteiger partial charge in [0.25, 0.3) is 11.8 Å². The van der Waals surface area contributed by atoms with Crippen LogP contribution in [0.2, 0.25) is 0 Å². The van der Waals surface area contributed by atoms with Crippen LogP contribution in [0, 0.1) is 6.92 Å². The highest BCUT2D eigenvalue weighted by atomic mass is 16.2. The van der Waals surface area contributed by atoms with Crippen molar-refractivity contribution in [3.05, 3.63) is 65.0 Å². The van der Waals surface area contributed by atoms with Gasteiger partial charge in [0.1, 0.15) is 0 Å². The lowest BCUT2D eigenvalue weighted by Crippen LogP contribution is -2.35. The van der Waals surface area contributed by atoms with Crippen LogP contribution in [-0.2, 0) is 6.54 Å². The van der Waals surface area contributed by atoms with E-state index >= 15 is 0 Å². The monoisotopic (exact) mass is 337 g/mol. The van der Waals surface area contributed by atoms with E-state index in [-0.39, 0.29) is 11.8 Å². The number of pyridine rings is 1. The summed E-state index contributed by atoms with van der Waals surface area (Å²) in [6.45, 7) is 4.03. The molecule has 3 rings (SSSR count). The van der Waals surface area contributed by atoms with Gasteiger partial charge in [0.05, 0.1) is 11.1 Å². The van der Waals surface area contributed by atoms with E-state index < -0.39 is 0 Å². The Morgan fingerprint density at radius 1 is 1.08 bits per heavy atom. The summed E-state index contributed by atoms with van der Waals surface area (Å²) < 4.78 is 0. The molecule has 1 aromatic carbocycles. The van der Waals surface area contributed by atoms with Gasteiger partial charge in [-0.25, -0.2) is 0 Å². The van der Waals surface area contributed by atoms with Crippen molar-refractivity contribution >= 4 is 11.8 Å². The van der Waals surface area contributed by atoms with Crippen molar-refractivity contribution in [1.29, 1.82) is 0 Å². The number of aromatic nitrogens is 1. The van der Waals surface area contributed by atoms with Crippen LogP contribution < -0.4 is 5.32 Å². The highest BCUT2D eigenvalue weighted by Crippen LogP contribution is 2.14. The molecule has 0 atom stereocenters. The number of rotatable bonds is 4. The molecule has 2 amide bonds. The number of nitrogens with one attached hydrogen (secondary N) is 1. The van der Waals surface area contributed by atoms with Gasteiger partial charge in [-0.2, -0.15) is 0 Å². The molecule has 0 bridgehead atoms. The van der Waals surface area contributed by atoms with Crippen molar-refractivity contribution < 1.29 is 9.59 Å². The molecule has 1 aliphatic rings. The van der Waals surface area contributed by atoms with Crippen molar-refractivity contribution in [3.63, 3.8) is 0 Å². The average molecular weight is 337 g/mol. The fourth-order valence-corrected chi connectivity index (χ4v) is 3.05. The zero-order valence-electron chi connectivity index (χ0n) is 14.5. The highest BCUT2D eigenvalue weighted by molar-refractivity contribution is 5.99. The lowest BCUT2D eigenvalue weighted by Gasteiger charge is -2.26. The molecule has 0 radical (unpaired) electrons. The Hall–Kier alpha value is -2.69. The normalized spacial score (nSPS) is 14.2. The summed E-state index contributed by atoms with van der Waals surface area (Å²) in [6, 6.07) is 9.57. The minimum Gasteiger partial charge on any atom is -0.348 e. The number of hydrogen-bond acceptors (Lipinski definition) is 3. The predicted molar refractivity (Wildman–Crippen MR) is 96.3 cm³/mol. The molecule has 0 aliphatic carbocycles. The Balaban J connectivity index is 1.67. The first-order chi connectivity index (χ1) is 12.1. The van der Waals surface area contributed by atoms with Crippen LogP contribution in [-0.4, -0.2) is 34.8 Å². The Labute approximate surface area is 148 Å². The first-order valence-corrected chi connectivity index (χ1v) is 8.72. The molecule has 0 saturated carbocycles. The lowest BCUT2D eigenvalue weighted by atomic mass is 10.1. The Bertz CT molecular complexity index is 767. The van der Waals surface area contributed by atoms with Crippen LogP contribution in [0.3, 0.4) is 0 Å². The number of nitrogens with zero attached hydrogens (tertiary/aromatic N) is 2. The second-order valence-corrected chi connectivity index (χ2v) is 6.42. The molecule has 130 valence electrons. The van der Waals surface area contributed by atoms with Gasteiger partial charge in [0.2, 0.25) is 0 Å². The fraction of sp³-hybridized carbons (Fsp3) is 0.350. The Morgan fingerprint density at radius 2 is 1.80 bits per heavy atom. The van der Waals surface area contributed by atoms with E-state index in [9.17, 15) is 9.59 Å². The lowest BCUT2D eigenvalue weighted by molar-refractivity contribution is 0.0724. The molecule has 5 nitrogen and oxygen atoms in total. The van der Waals surface area contributed by atoms with Crippen molar-refractivity contribution in [2.24, 2.45) is 0 Å². The van der Waals surface area contributed by atoms with Crippen LogP contribution in [0.25, 0.3) is 0 Å². The summed E-state index contributed by atoms with van der Waals surface area (Å²) >= 11 is 0. The van der Waals surface area contributed by atoms with Crippen molar-refractivity contribution in [2.45, 2.75) is 32.7 Å². The van der Waals surface area contributed by atoms with E-state index in [2.05, 4.69) is 10.3 Å². The molecule has 25 heavy (non-hydrogen) atoms. The average Bonchev–Trinajstić information content (AvgIpc) is 2.67. The van der Waals surface area contributed by atoms with Gasteiger partial charge >= 0.3 is 0 Å². The summed E-state index contributed by atoms with van der Waals surface area (Å²) in [5, 5.41) is 2.90. The van der Waals surface area contributed by atoms with Crippen molar-refractivity contribution in [2.75, 3.05) is 13.1 Å². The van der Waals surface area contributed by atoms with Gasteiger partial charge in [-0.05, 0) is 43.4 Å². The number of amides is 2. The van der Waals surface area contributed by atoms with Gasteiger partial charge in [0, 0.05) is 32.0 Å². The molecular formula is C20H23N3O2. The quantitative estimate of drug-likeness (QED) is 0.933. The van der Waals surface area contributed by atoms with Gasteiger partial charge in [0.15, 0.2) is 0 Å². The first-order valence-electron chi connectivity index (χ1n) is 8.72. The molecule has 1 aliphatic heterocycles. The van der Waals surface area contributed by atoms with Crippen LogP contribution in [0.5, 0.6) is 0 Å². The Morgan fingerprint density at radius 3 is 2.56 bits per heavy atom. The van der Waals surface area contributed by atoms with Crippen LogP contribution in [0.1, 0.15) is 51.1 Å². The van der Waals surface area contributed by atoms with Crippen LogP contribution in [0.15, 0.2) is 42.7 Å². The minimum atomic E-state index is -0.218. The van der Waals surface area contributed by atoms with Gasteiger partial charge in [-0.1, -0.05) is 24.3 Å². The summed E-state index contributed by atoms with van der Waals surface area (Å²) in [6.07, 6.45) is 6.28. The summed E-state index contributed by atoms with van der Waals surface area (Å²) in [4.78, 5) is 30.9. The molecule has 1 fully saturated rings. The first kappa shape index (κ1) is 17.1. The summed E-state index contributed by atoms with van der Waals surface area (Å²) in [5.74, 6) is -0.259. The largest absolute Gasteiger partial charge is 0.348 e. The van der Waals surface area contributed by atoms with Crippen LogP contribution >= 0.6 is 0 Å². The molecular weight excluding hydrogens is 314 g/mol. The number of hydrogen-bond donors (Lipinski definition) is 1. The standard InChI is InChI=1S/C20H23N3O2/c1-15-7-3-4-8-16(15)14-22-19(24)17-11-18(13-21-12-17)20(25)23-9-5-2-6-10-23/h3-4,7-8,11-13H,2,5-6,9-10,14H2,1H3,(H,22,24). The zero-order valence-corrected chi connectivity index (χ0v) is 14.5. The molecule has 0 unspecified atom stereocenters. The van der Waals surface area contributed by atoms with E-state index in [1.54, 1.807) is 6.07 Å². The third-order valence-corrected chi connectivity index (χ3v) is 4.59. The number of benzene rings is 1. The maximum atomic E-state index is 12.6. The maximum Gasteiger partial charge on any atom is 0.255 e. The van der Waals surface area contributed by atoms with Gasteiger partial charge < -0.3 is 10.2 Å². The second-order valence-electron chi connectivity index (χ2n) is 6.42. The second kappa shape index (κ2) is 7.92. The van der Waals surface area contributed by atoms with E-state index in [1.165, 1.54) is 18.8 Å². The molecule has 5 heteroatoms. The smallest absolute Gasteiger partial charge is 0.255 e. The number of carbonyl (C=O) groups is 2. The summed E-state index contributed by atoms with van der Waals surface area (Å²) in [5.41, 5.74) is 3.10. The number of likely N-dealkylation sites (tertiary alicyclic amines) is 1. The molecule has 0 spiro atoms. The molecule has 2 heterocycles. The van der Waals surface area contributed by atoms with E-state index in [4.69, 9.17) is 0 Å². The number of carbonyl (C=O) groups excluding carboxylic acids is 2.